The first-order valence-corrected chi connectivity index (χ1v) is 13.7. The molecule has 0 spiro atoms. The van der Waals surface area contributed by atoms with Crippen LogP contribution in [0.2, 0.25) is 0 Å². The lowest BCUT2D eigenvalue weighted by Gasteiger charge is -2.41. The minimum Gasteiger partial charge on any atom is -0.383 e. The summed E-state index contributed by atoms with van der Waals surface area (Å²) in [5.41, 5.74) is 3.79. The summed E-state index contributed by atoms with van der Waals surface area (Å²) in [6.45, 7) is 1.34. The van der Waals surface area contributed by atoms with Crippen LogP contribution in [0.5, 0.6) is 0 Å². The highest BCUT2D eigenvalue weighted by Crippen LogP contribution is 2.47. The highest BCUT2D eigenvalue weighted by Gasteiger charge is 2.48. The largest absolute Gasteiger partial charge is 0.383 e. The van der Waals surface area contributed by atoms with Crippen LogP contribution < -0.4 is 10.6 Å². The standard InChI is InChI=1S/C30H35N5O3/c1-38-18-26-22-14-17-35(27(22)21-6-2-4-8-24(21)33-26)30(37)23-7-3-5-9-25(23)34-29(36)20-12-10-19(11-13-20)28-31-15-16-32-28/h2,4,6,8,10-13,15-16,22-23,25-27,33H,3,5,7,9,14,17-18H2,1H3,(H,31,32)(H,34,36)/t22-,23-,25+,26?,27-/m0/s1. The Labute approximate surface area is 223 Å². The molecule has 2 fully saturated rings. The molecule has 38 heavy (non-hydrogen) atoms. The van der Waals surface area contributed by atoms with Crippen LogP contribution in [-0.2, 0) is 9.53 Å². The van der Waals surface area contributed by atoms with Crippen molar-refractivity contribution in [3.05, 3.63) is 72.1 Å². The van der Waals surface area contributed by atoms with Crippen LogP contribution in [0.15, 0.2) is 60.9 Å². The van der Waals surface area contributed by atoms with E-state index in [4.69, 9.17) is 4.74 Å². The van der Waals surface area contributed by atoms with Gasteiger partial charge in [0.05, 0.1) is 24.6 Å². The second kappa shape index (κ2) is 10.6. The molecule has 1 aromatic heterocycles. The first-order valence-electron chi connectivity index (χ1n) is 13.7. The number of benzene rings is 2. The Morgan fingerprint density at radius 1 is 1.08 bits per heavy atom. The van der Waals surface area contributed by atoms with Gasteiger partial charge in [0.25, 0.3) is 5.91 Å². The zero-order chi connectivity index (χ0) is 26.1. The SMILES string of the molecule is COCC1Nc2ccccc2[C@H]2[C@H]1CCN2C(=O)[C@H]1CCCC[C@H]1NC(=O)c1ccc(-c2ncc[nH]2)cc1. The first kappa shape index (κ1) is 24.7. The van der Waals surface area contributed by atoms with Gasteiger partial charge >= 0.3 is 0 Å². The van der Waals surface area contributed by atoms with Gasteiger partial charge in [0.1, 0.15) is 5.82 Å². The molecule has 3 heterocycles. The van der Waals surface area contributed by atoms with E-state index in [1.165, 1.54) is 5.56 Å². The van der Waals surface area contributed by atoms with Crippen LogP contribution in [0.1, 0.15) is 54.1 Å². The Hall–Kier alpha value is -3.65. The second-order valence-corrected chi connectivity index (χ2v) is 10.7. The second-order valence-electron chi connectivity index (χ2n) is 10.7. The molecule has 2 aromatic carbocycles. The summed E-state index contributed by atoms with van der Waals surface area (Å²) < 4.78 is 5.53. The molecule has 1 saturated carbocycles. The fourth-order valence-electron chi connectivity index (χ4n) is 6.69. The van der Waals surface area contributed by atoms with Crippen molar-refractivity contribution in [2.75, 3.05) is 25.6 Å². The van der Waals surface area contributed by atoms with Gasteiger partial charge in [-0.3, -0.25) is 9.59 Å². The number of ether oxygens (including phenoxy) is 1. The number of carbonyl (C=O) groups is 2. The summed E-state index contributed by atoms with van der Waals surface area (Å²) in [5.74, 6) is 0.900. The number of amides is 2. The zero-order valence-electron chi connectivity index (χ0n) is 21.7. The summed E-state index contributed by atoms with van der Waals surface area (Å²) in [4.78, 5) is 36.8. The fourth-order valence-corrected chi connectivity index (χ4v) is 6.69. The molecule has 0 bridgehead atoms. The topological polar surface area (TPSA) is 99.3 Å². The number of nitrogens with one attached hydrogen (secondary N) is 3. The number of para-hydroxylation sites is 1. The fraction of sp³-hybridized carbons (Fsp3) is 0.433. The molecule has 2 amide bonds. The van der Waals surface area contributed by atoms with E-state index in [9.17, 15) is 9.59 Å². The maximum absolute atomic E-state index is 14.1. The Morgan fingerprint density at radius 3 is 2.68 bits per heavy atom. The van der Waals surface area contributed by atoms with E-state index < -0.39 is 0 Å². The monoisotopic (exact) mass is 513 g/mol. The maximum Gasteiger partial charge on any atom is 0.251 e. The number of hydrogen-bond acceptors (Lipinski definition) is 5. The normalized spacial score (nSPS) is 26.2. The van der Waals surface area contributed by atoms with Crippen LogP contribution in [0.4, 0.5) is 5.69 Å². The number of carbonyl (C=O) groups excluding carboxylic acids is 2. The average Bonchev–Trinajstić information content (AvgIpc) is 3.65. The number of hydrogen-bond donors (Lipinski definition) is 3. The molecule has 1 unspecified atom stereocenters. The van der Waals surface area contributed by atoms with Crippen LogP contribution in [-0.4, -0.2) is 59.0 Å². The number of nitrogens with zero attached hydrogens (tertiary/aromatic N) is 2. The summed E-state index contributed by atoms with van der Waals surface area (Å²) in [6.07, 6.45) is 8.07. The molecule has 1 saturated heterocycles. The number of anilines is 1. The van der Waals surface area contributed by atoms with Crippen molar-refractivity contribution in [2.45, 2.75) is 50.2 Å². The minimum atomic E-state index is -0.211. The lowest BCUT2D eigenvalue weighted by molar-refractivity contribution is -0.139. The molecule has 5 atom stereocenters. The Balaban J connectivity index is 1.20. The molecule has 2 aliphatic heterocycles. The lowest BCUT2D eigenvalue weighted by atomic mass is 9.81. The van der Waals surface area contributed by atoms with Crippen molar-refractivity contribution >= 4 is 17.5 Å². The van der Waals surface area contributed by atoms with Crippen molar-refractivity contribution in [3.63, 3.8) is 0 Å². The summed E-state index contributed by atoms with van der Waals surface area (Å²) in [5, 5.41) is 6.87. The minimum absolute atomic E-state index is 0.0347. The summed E-state index contributed by atoms with van der Waals surface area (Å²) in [6, 6.07) is 15.8. The number of rotatable bonds is 6. The molecule has 0 radical (unpaired) electrons. The van der Waals surface area contributed by atoms with Gasteiger partial charge in [-0.1, -0.05) is 43.2 Å². The van der Waals surface area contributed by atoms with E-state index in [1.54, 1.807) is 19.5 Å². The van der Waals surface area contributed by atoms with Crippen LogP contribution >= 0.6 is 0 Å². The van der Waals surface area contributed by atoms with Gasteiger partial charge in [0, 0.05) is 54.8 Å². The molecular weight excluding hydrogens is 478 g/mol. The quantitative estimate of drug-likeness (QED) is 0.454. The Morgan fingerprint density at radius 2 is 1.89 bits per heavy atom. The molecule has 6 rings (SSSR count). The third-order valence-corrected chi connectivity index (χ3v) is 8.53. The molecule has 198 valence electrons. The van der Waals surface area contributed by atoms with E-state index in [0.29, 0.717) is 18.1 Å². The lowest BCUT2D eigenvalue weighted by Crippen LogP contribution is -2.50. The first-order chi connectivity index (χ1) is 18.6. The van der Waals surface area contributed by atoms with Crippen molar-refractivity contribution in [2.24, 2.45) is 11.8 Å². The molecule has 8 heteroatoms. The van der Waals surface area contributed by atoms with Gasteiger partial charge in [0.15, 0.2) is 0 Å². The Bertz CT molecular complexity index is 1280. The van der Waals surface area contributed by atoms with Crippen LogP contribution in [0, 0.1) is 11.8 Å². The Kier molecular flexibility index (Phi) is 6.89. The number of likely N-dealkylation sites (tertiary alicyclic amines) is 1. The van der Waals surface area contributed by atoms with Gasteiger partial charge in [-0.25, -0.2) is 4.98 Å². The van der Waals surface area contributed by atoms with E-state index >= 15 is 0 Å². The third-order valence-electron chi connectivity index (χ3n) is 8.53. The van der Waals surface area contributed by atoms with Gasteiger partial charge in [-0.05, 0) is 43.0 Å². The molecule has 3 N–H and O–H groups in total. The molecule has 8 nitrogen and oxygen atoms in total. The number of aromatic amines is 1. The third kappa shape index (κ3) is 4.58. The smallest absolute Gasteiger partial charge is 0.251 e. The molecule has 1 aliphatic carbocycles. The predicted molar refractivity (Wildman–Crippen MR) is 146 cm³/mol. The molecule has 3 aliphatic rings. The average molecular weight is 514 g/mol. The van der Waals surface area contributed by atoms with E-state index in [1.807, 2.05) is 30.3 Å². The van der Waals surface area contributed by atoms with Crippen molar-refractivity contribution < 1.29 is 14.3 Å². The highest BCUT2D eigenvalue weighted by molar-refractivity contribution is 5.95. The van der Waals surface area contributed by atoms with E-state index in [0.717, 1.165) is 55.7 Å². The van der Waals surface area contributed by atoms with Crippen LogP contribution in [0.3, 0.4) is 0 Å². The number of methoxy groups -OCH3 is 1. The van der Waals surface area contributed by atoms with Gasteiger partial charge < -0.3 is 25.3 Å². The number of fused-ring (bicyclic) bond motifs is 3. The molecular formula is C30H35N5O3. The van der Waals surface area contributed by atoms with Gasteiger partial charge in [-0.2, -0.15) is 0 Å². The van der Waals surface area contributed by atoms with Crippen molar-refractivity contribution in [1.29, 1.82) is 0 Å². The van der Waals surface area contributed by atoms with Gasteiger partial charge in [0.2, 0.25) is 5.91 Å². The maximum atomic E-state index is 14.1. The number of aromatic nitrogens is 2. The van der Waals surface area contributed by atoms with Crippen LogP contribution in [0.25, 0.3) is 11.4 Å². The van der Waals surface area contributed by atoms with E-state index in [2.05, 4.69) is 43.7 Å². The molecule has 3 aromatic rings. The number of imidazole rings is 1. The summed E-state index contributed by atoms with van der Waals surface area (Å²) in [7, 11) is 1.73. The van der Waals surface area contributed by atoms with Gasteiger partial charge in [-0.15, -0.1) is 0 Å². The van der Waals surface area contributed by atoms with Crippen molar-refractivity contribution in [3.8, 4) is 11.4 Å². The zero-order valence-corrected chi connectivity index (χ0v) is 21.7. The summed E-state index contributed by atoms with van der Waals surface area (Å²) >= 11 is 0. The predicted octanol–water partition coefficient (Wildman–Crippen LogP) is 4.40. The highest BCUT2D eigenvalue weighted by atomic mass is 16.5. The van der Waals surface area contributed by atoms with Crippen molar-refractivity contribution in [1.82, 2.24) is 20.2 Å². The number of H-pyrrole nitrogens is 1. The van der Waals surface area contributed by atoms with E-state index in [-0.39, 0.29) is 35.9 Å².